The molecule has 3 rings (SSSR count). The number of H-pyrrole nitrogens is 1. The third kappa shape index (κ3) is 3.00. The smallest absolute Gasteiger partial charge is 0.263 e. The van der Waals surface area contributed by atoms with Crippen molar-refractivity contribution in [2.75, 3.05) is 4.72 Å². The fraction of sp³-hybridized carbons (Fsp3) is 0.0625. The van der Waals surface area contributed by atoms with Gasteiger partial charge >= 0.3 is 0 Å². The van der Waals surface area contributed by atoms with Crippen molar-refractivity contribution >= 4 is 49.7 Å². The largest absolute Gasteiger partial charge is 0.328 e. The van der Waals surface area contributed by atoms with E-state index in [1.807, 2.05) is 6.92 Å². The number of nitrogens with one attached hydrogen (secondary N) is 2. The number of rotatable bonds is 3. The van der Waals surface area contributed by atoms with Crippen LogP contribution in [0.1, 0.15) is 5.56 Å². The first-order chi connectivity index (χ1) is 11.3. The quantitative estimate of drug-likeness (QED) is 0.719. The van der Waals surface area contributed by atoms with E-state index in [0.29, 0.717) is 5.39 Å². The van der Waals surface area contributed by atoms with E-state index in [4.69, 9.17) is 23.2 Å². The van der Waals surface area contributed by atoms with Gasteiger partial charge < -0.3 is 4.98 Å². The van der Waals surface area contributed by atoms with Crippen LogP contribution in [0, 0.1) is 6.92 Å². The van der Waals surface area contributed by atoms with Crippen molar-refractivity contribution in [1.29, 1.82) is 0 Å². The van der Waals surface area contributed by atoms with Gasteiger partial charge in [0.2, 0.25) is 0 Å². The van der Waals surface area contributed by atoms with Gasteiger partial charge in [0.25, 0.3) is 15.6 Å². The maximum absolute atomic E-state index is 12.5. The Balaban J connectivity index is 2.08. The van der Waals surface area contributed by atoms with Gasteiger partial charge in [0, 0.05) is 17.3 Å². The maximum Gasteiger partial charge on any atom is 0.263 e. The van der Waals surface area contributed by atoms with E-state index in [2.05, 4.69) is 9.71 Å². The van der Waals surface area contributed by atoms with Crippen LogP contribution < -0.4 is 10.3 Å². The summed E-state index contributed by atoms with van der Waals surface area (Å²) < 4.78 is 27.5. The molecule has 1 heterocycles. The third-order valence-electron chi connectivity index (χ3n) is 3.57. The summed E-state index contributed by atoms with van der Waals surface area (Å²) in [6.07, 6.45) is 1.61. The summed E-state index contributed by atoms with van der Waals surface area (Å²) in [5.74, 6) is 0. The molecule has 0 amide bonds. The number of hydrogen-bond acceptors (Lipinski definition) is 3. The fourth-order valence-electron chi connectivity index (χ4n) is 2.37. The van der Waals surface area contributed by atoms with Gasteiger partial charge in [-0.1, -0.05) is 35.3 Å². The summed E-state index contributed by atoms with van der Waals surface area (Å²) in [5, 5.41) is 1.24. The van der Waals surface area contributed by atoms with Crippen molar-refractivity contribution < 1.29 is 8.42 Å². The lowest BCUT2D eigenvalue weighted by atomic mass is 10.1. The topological polar surface area (TPSA) is 79.0 Å². The second-order valence-electron chi connectivity index (χ2n) is 5.22. The van der Waals surface area contributed by atoms with Gasteiger partial charge in [0.1, 0.15) is 4.90 Å². The highest BCUT2D eigenvalue weighted by Gasteiger charge is 2.20. The average molecular weight is 383 g/mol. The molecule has 5 nitrogen and oxygen atoms in total. The van der Waals surface area contributed by atoms with Crippen LogP contribution in [-0.2, 0) is 10.0 Å². The number of halogens is 2. The van der Waals surface area contributed by atoms with E-state index in [-0.39, 0.29) is 26.2 Å². The van der Waals surface area contributed by atoms with Gasteiger partial charge in [-0.05, 0) is 42.1 Å². The van der Waals surface area contributed by atoms with Crippen LogP contribution in [0.5, 0.6) is 0 Å². The zero-order valence-electron chi connectivity index (χ0n) is 12.4. The van der Waals surface area contributed by atoms with Crippen molar-refractivity contribution in [3.05, 3.63) is 68.6 Å². The number of fused-ring (bicyclic) bond motifs is 1. The highest BCUT2D eigenvalue weighted by atomic mass is 35.5. The van der Waals surface area contributed by atoms with Crippen LogP contribution in [-0.4, -0.2) is 13.4 Å². The highest BCUT2D eigenvalue weighted by Crippen LogP contribution is 2.30. The van der Waals surface area contributed by atoms with Crippen LogP contribution in [0.3, 0.4) is 0 Å². The lowest BCUT2D eigenvalue weighted by Gasteiger charge is -2.11. The molecule has 0 atom stereocenters. The minimum Gasteiger partial charge on any atom is -0.328 e. The lowest BCUT2D eigenvalue weighted by molar-refractivity contribution is 0.601. The molecular formula is C16H12Cl2N2O3S. The number of anilines is 1. The molecule has 24 heavy (non-hydrogen) atoms. The Morgan fingerprint density at radius 2 is 1.83 bits per heavy atom. The summed E-state index contributed by atoms with van der Waals surface area (Å²) in [4.78, 5) is 14.4. The molecule has 0 saturated carbocycles. The Hall–Kier alpha value is -2.02. The number of sulfonamides is 1. The van der Waals surface area contributed by atoms with Gasteiger partial charge in [0.15, 0.2) is 0 Å². The van der Waals surface area contributed by atoms with Crippen molar-refractivity contribution in [2.45, 2.75) is 11.8 Å². The van der Waals surface area contributed by atoms with E-state index in [9.17, 15) is 13.2 Å². The van der Waals surface area contributed by atoms with E-state index in [1.54, 1.807) is 18.3 Å². The van der Waals surface area contributed by atoms with Crippen molar-refractivity contribution in [3.63, 3.8) is 0 Å². The predicted molar refractivity (Wildman–Crippen MR) is 96.6 cm³/mol. The normalized spacial score (nSPS) is 11.6. The molecule has 0 spiro atoms. The van der Waals surface area contributed by atoms with Crippen LogP contribution >= 0.6 is 23.2 Å². The van der Waals surface area contributed by atoms with Gasteiger partial charge in [-0.25, -0.2) is 8.42 Å². The van der Waals surface area contributed by atoms with E-state index in [0.717, 1.165) is 10.9 Å². The Morgan fingerprint density at radius 1 is 1.08 bits per heavy atom. The molecule has 1 aromatic heterocycles. The molecule has 0 aliphatic heterocycles. The van der Waals surface area contributed by atoms with Gasteiger partial charge in [-0.3, -0.25) is 9.52 Å². The van der Waals surface area contributed by atoms with Crippen LogP contribution in [0.25, 0.3) is 10.8 Å². The molecule has 0 radical (unpaired) electrons. The number of aryl methyl sites for hydroxylation is 1. The zero-order valence-corrected chi connectivity index (χ0v) is 14.8. The molecule has 0 saturated heterocycles. The van der Waals surface area contributed by atoms with Crippen LogP contribution in [0.15, 0.2) is 52.3 Å². The number of aromatic nitrogens is 1. The van der Waals surface area contributed by atoms with Crippen LogP contribution in [0.4, 0.5) is 5.69 Å². The first kappa shape index (κ1) is 16.8. The molecule has 0 fully saturated rings. The molecule has 0 bridgehead atoms. The monoisotopic (exact) mass is 382 g/mol. The first-order valence-electron chi connectivity index (χ1n) is 6.88. The molecule has 0 aliphatic carbocycles. The molecule has 2 aromatic carbocycles. The molecular weight excluding hydrogens is 371 g/mol. The summed E-state index contributed by atoms with van der Waals surface area (Å²) >= 11 is 11.8. The number of aromatic amines is 1. The summed E-state index contributed by atoms with van der Waals surface area (Å²) in [6, 6.07) is 9.12. The summed E-state index contributed by atoms with van der Waals surface area (Å²) in [6.45, 7) is 1.86. The second-order valence-corrected chi connectivity index (χ2v) is 7.65. The minimum atomic E-state index is -3.94. The molecule has 2 N–H and O–H groups in total. The van der Waals surface area contributed by atoms with E-state index < -0.39 is 10.0 Å². The molecule has 124 valence electrons. The SMILES string of the molecule is Cc1c[nH]c(=O)c2cc(NS(=O)(=O)c3cccc(Cl)c3Cl)ccc12. The standard InChI is InChI=1S/C16H12Cl2N2O3S/c1-9-8-19-16(21)12-7-10(5-6-11(9)12)20-24(22,23)14-4-2-3-13(17)15(14)18/h2-8,20H,1H3,(H,19,21). The number of pyridine rings is 1. The summed E-state index contributed by atoms with van der Waals surface area (Å²) in [7, 11) is -3.94. The van der Waals surface area contributed by atoms with Crippen molar-refractivity contribution in [2.24, 2.45) is 0 Å². The molecule has 3 aromatic rings. The Bertz CT molecular complexity index is 1110. The minimum absolute atomic E-state index is 0.0545. The first-order valence-corrected chi connectivity index (χ1v) is 9.12. The summed E-state index contributed by atoms with van der Waals surface area (Å²) in [5.41, 5.74) is 0.851. The fourth-order valence-corrected chi connectivity index (χ4v) is 4.18. The maximum atomic E-state index is 12.5. The van der Waals surface area contributed by atoms with E-state index >= 15 is 0 Å². The highest BCUT2D eigenvalue weighted by molar-refractivity contribution is 7.92. The second kappa shape index (κ2) is 6.12. The number of benzene rings is 2. The van der Waals surface area contributed by atoms with Crippen molar-refractivity contribution in [1.82, 2.24) is 4.98 Å². The molecule has 0 aliphatic rings. The van der Waals surface area contributed by atoms with Gasteiger partial charge in [0.05, 0.1) is 10.0 Å². The Labute approximate surface area is 148 Å². The third-order valence-corrected chi connectivity index (χ3v) is 5.92. The molecule has 0 unspecified atom stereocenters. The number of hydrogen-bond donors (Lipinski definition) is 2. The zero-order chi connectivity index (χ0) is 17.5. The van der Waals surface area contributed by atoms with Crippen molar-refractivity contribution in [3.8, 4) is 0 Å². The lowest BCUT2D eigenvalue weighted by Crippen LogP contribution is -2.14. The average Bonchev–Trinajstić information content (AvgIpc) is 2.53. The van der Waals surface area contributed by atoms with Gasteiger partial charge in [-0.2, -0.15) is 0 Å². The van der Waals surface area contributed by atoms with Crippen LogP contribution in [0.2, 0.25) is 10.0 Å². The predicted octanol–water partition coefficient (Wildman–Crippen LogP) is 3.94. The molecule has 8 heteroatoms. The van der Waals surface area contributed by atoms with Gasteiger partial charge in [-0.15, -0.1) is 0 Å². The van der Waals surface area contributed by atoms with E-state index in [1.165, 1.54) is 24.3 Å². The Kier molecular flexibility index (Phi) is 4.29. The Morgan fingerprint density at radius 3 is 2.58 bits per heavy atom.